The molecule has 2 heteroatoms. The summed E-state index contributed by atoms with van der Waals surface area (Å²) in [7, 11) is 0. The summed E-state index contributed by atoms with van der Waals surface area (Å²) in [6.45, 7) is 5.39. The van der Waals surface area contributed by atoms with Gasteiger partial charge >= 0.3 is 0 Å². The molecule has 1 aliphatic carbocycles. The van der Waals surface area contributed by atoms with Crippen LogP contribution in [0.2, 0.25) is 0 Å². The minimum Gasteiger partial charge on any atom is -0.486 e. The summed E-state index contributed by atoms with van der Waals surface area (Å²) < 4.78 is 11.2. The Kier molecular flexibility index (Phi) is 1.69. The van der Waals surface area contributed by atoms with Crippen molar-refractivity contribution < 1.29 is 9.47 Å². The van der Waals surface area contributed by atoms with Gasteiger partial charge in [0, 0.05) is 5.56 Å². The lowest BCUT2D eigenvalue weighted by atomic mass is 10.1. The second-order valence-electron chi connectivity index (χ2n) is 3.97. The number of para-hydroxylation sites is 1. The van der Waals surface area contributed by atoms with Gasteiger partial charge in [0.05, 0.1) is 0 Å². The third kappa shape index (κ3) is 1.17. The van der Waals surface area contributed by atoms with Crippen molar-refractivity contribution in [1.82, 2.24) is 0 Å². The molecule has 3 rings (SSSR count). The molecule has 0 amide bonds. The van der Waals surface area contributed by atoms with Crippen molar-refractivity contribution in [2.24, 2.45) is 5.92 Å². The molecule has 14 heavy (non-hydrogen) atoms. The Labute approximate surface area is 83.8 Å². The average molecular weight is 189 g/mol. The number of benzene rings is 1. The second kappa shape index (κ2) is 2.91. The third-order valence-electron chi connectivity index (χ3n) is 2.92. The number of rotatable bonds is 1. The normalized spacial score (nSPS) is 28.6. The average Bonchev–Trinajstić information content (AvgIpc) is 2.95. The smallest absolute Gasteiger partial charge is 0.164 e. The second-order valence-corrected chi connectivity index (χ2v) is 3.97. The first-order valence-corrected chi connectivity index (χ1v) is 5.08. The Morgan fingerprint density at radius 3 is 2.79 bits per heavy atom. The molecule has 1 fully saturated rings. The number of ether oxygens (including phenoxy) is 2. The molecule has 0 saturated heterocycles. The largest absolute Gasteiger partial charge is 0.486 e. The first-order valence-electron chi connectivity index (χ1n) is 5.08. The highest BCUT2D eigenvalue weighted by atomic mass is 16.6. The fraction of sp³-hybridized carbons (Fsp3) is 0.417. The predicted molar refractivity (Wildman–Crippen MR) is 53.6 cm³/mol. The van der Waals surface area contributed by atoms with Crippen molar-refractivity contribution in [2.45, 2.75) is 12.3 Å². The van der Waals surface area contributed by atoms with Crippen molar-refractivity contribution in [3.05, 3.63) is 30.7 Å². The monoisotopic (exact) mass is 189 g/mol. The van der Waals surface area contributed by atoms with E-state index in [1.165, 1.54) is 12.0 Å². The minimum atomic E-state index is 0.562. The van der Waals surface area contributed by atoms with Crippen molar-refractivity contribution >= 4 is 0 Å². The summed E-state index contributed by atoms with van der Waals surface area (Å²) in [4.78, 5) is 0. The number of fused-ring (bicyclic) bond motifs is 1. The molecule has 2 unspecified atom stereocenters. The zero-order chi connectivity index (χ0) is 9.54. The van der Waals surface area contributed by atoms with Crippen LogP contribution in [0.1, 0.15) is 17.9 Å². The molecule has 2 nitrogen and oxygen atoms in total. The molecule has 1 saturated carbocycles. The molecule has 73 valence electrons. The van der Waals surface area contributed by atoms with Gasteiger partial charge in [0.2, 0.25) is 0 Å². The van der Waals surface area contributed by atoms with Gasteiger partial charge < -0.3 is 9.47 Å². The lowest BCUT2D eigenvalue weighted by Gasteiger charge is -2.20. The van der Waals surface area contributed by atoms with E-state index in [1.54, 1.807) is 0 Å². The molecule has 1 radical (unpaired) electrons. The number of hydrogen-bond donors (Lipinski definition) is 0. The van der Waals surface area contributed by atoms with Crippen molar-refractivity contribution in [3.63, 3.8) is 0 Å². The SMILES string of the molecule is [CH2]C1CC1c1cccc2c1OCCO2. The summed E-state index contributed by atoms with van der Waals surface area (Å²) in [6, 6.07) is 6.13. The van der Waals surface area contributed by atoms with Crippen LogP contribution in [0.15, 0.2) is 18.2 Å². The molecule has 1 aromatic carbocycles. The van der Waals surface area contributed by atoms with Crippen LogP contribution in [-0.2, 0) is 0 Å². The maximum atomic E-state index is 5.65. The fourth-order valence-electron chi connectivity index (χ4n) is 2.02. The highest BCUT2D eigenvalue weighted by Crippen LogP contribution is 2.52. The summed E-state index contributed by atoms with van der Waals surface area (Å²) in [5.74, 6) is 3.00. The van der Waals surface area contributed by atoms with Crippen LogP contribution in [0.5, 0.6) is 11.5 Å². The van der Waals surface area contributed by atoms with Gasteiger partial charge in [-0.05, 0) is 31.2 Å². The van der Waals surface area contributed by atoms with E-state index in [4.69, 9.17) is 9.47 Å². The lowest BCUT2D eigenvalue weighted by molar-refractivity contribution is 0.170. The molecule has 1 aliphatic heterocycles. The predicted octanol–water partition coefficient (Wildman–Crippen LogP) is 2.40. The highest BCUT2D eigenvalue weighted by Gasteiger charge is 2.37. The zero-order valence-electron chi connectivity index (χ0n) is 8.03. The van der Waals surface area contributed by atoms with Crippen LogP contribution in [0.3, 0.4) is 0 Å². The van der Waals surface area contributed by atoms with Crippen molar-refractivity contribution in [1.29, 1.82) is 0 Å². The van der Waals surface area contributed by atoms with Gasteiger partial charge in [0.1, 0.15) is 13.2 Å². The first kappa shape index (κ1) is 8.16. The summed E-state index contributed by atoms with van der Waals surface area (Å²) in [5, 5.41) is 0. The van der Waals surface area contributed by atoms with Crippen LogP contribution < -0.4 is 9.47 Å². The van der Waals surface area contributed by atoms with E-state index in [-0.39, 0.29) is 0 Å². The molecule has 0 bridgehead atoms. The van der Waals surface area contributed by atoms with Gasteiger partial charge in [-0.3, -0.25) is 0 Å². The standard InChI is InChI=1S/C12H13O2/c1-8-7-10(8)9-3-2-4-11-12(9)14-6-5-13-11/h2-4,8,10H,1,5-7H2. The Morgan fingerprint density at radius 2 is 2.00 bits per heavy atom. The van der Waals surface area contributed by atoms with E-state index in [1.807, 2.05) is 12.1 Å². The van der Waals surface area contributed by atoms with Crippen molar-refractivity contribution in [2.75, 3.05) is 13.2 Å². The fourth-order valence-corrected chi connectivity index (χ4v) is 2.02. The molecule has 0 N–H and O–H groups in total. The van der Waals surface area contributed by atoms with E-state index in [0.717, 1.165) is 11.5 Å². The van der Waals surface area contributed by atoms with Crippen LogP contribution in [0, 0.1) is 12.8 Å². The Bertz CT molecular complexity index is 359. The van der Waals surface area contributed by atoms with E-state index in [2.05, 4.69) is 13.0 Å². The Hall–Kier alpha value is -1.18. The van der Waals surface area contributed by atoms with Gasteiger partial charge in [0.25, 0.3) is 0 Å². The molecule has 1 heterocycles. The van der Waals surface area contributed by atoms with Gasteiger partial charge in [-0.1, -0.05) is 12.1 Å². The van der Waals surface area contributed by atoms with Gasteiger partial charge in [0.15, 0.2) is 11.5 Å². The summed E-state index contributed by atoms with van der Waals surface area (Å²) in [6.07, 6.45) is 1.18. The third-order valence-corrected chi connectivity index (χ3v) is 2.92. The zero-order valence-corrected chi connectivity index (χ0v) is 8.03. The van der Waals surface area contributed by atoms with Crippen LogP contribution in [0.25, 0.3) is 0 Å². The quantitative estimate of drug-likeness (QED) is 0.675. The summed E-state index contributed by atoms with van der Waals surface area (Å²) >= 11 is 0. The van der Waals surface area contributed by atoms with Crippen LogP contribution >= 0.6 is 0 Å². The highest BCUT2D eigenvalue weighted by molar-refractivity contribution is 5.50. The van der Waals surface area contributed by atoms with E-state index in [9.17, 15) is 0 Å². The maximum Gasteiger partial charge on any atom is 0.164 e. The topological polar surface area (TPSA) is 18.5 Å². The molecule has 2 aliphatic rings. The summed E-state index contributed by atoms with van der Waals surface area (Å²) in [5.41, 5.74) is 1.28. The Balaban J connectivity index is 2.02. The molecule has 0 spiro atoms. The van der Waals surface area contributed by atoms with Gasteiger partial charge in [-0.15, -0.1) is 0 Å². The van der Waals surface area contributed by atoms with Crippen LogP contribution in [-0.4, -0.2) is 13.2 Å². The van der Waals surface area contributed by atoms with E-state index in [0.29, 0.717) is 25.0 Å². The molecule has 0 aromatic heterocycles. The van der Waals surface area contributed by atoms with Crippen molar-refractivity contribution in [3.8, 4) is 11.5 Å². The molecule has 1 aromatic rings. The molecular formula is C12H13O2. The first-order chi connectivity index (χ1) is 6.86. The molecular weight excluding hydrogens is 176 g/mol. The van der Waals surface area contributed by atoms with E-state index < -0.39 is 0 Å². The van der Waals surface area contributed by atoms with Crippen LogP contribution in [0.4, 0.5) is 0 Å². The van der Waals surface area contributed by atoms with E-state index >= 15 is 0 Å². The minimum absolute atomic E-state index is 0.562. The Morgan fingerprint density at radius 1 is 1.21 bits per heavy atom. The molecule has 2 atom stereocenters. The lowest BCUT2D eigenvalue weighted by Crippen LogP contribution is -2.16. The van der Waals surface area contributed by atoms with Gasteiger partial charge in [-0.25, -0.2) is 0 Å². The van der Waals surface area contributed by atoms with Gasteiger partial charge in [-0.2, -0.15) is 0 Å². The number of hydrogen-bond acceptors (Lipinski definition) is 2. The maximum absolute atomic E-state index is 5.65.